The van der Waals surface area contributed by atoms with Gasteiger partial charge < -0.3 is 10.1 Å². The largest absolute Gasteiger partial charge is 0.494 e. The van der Waals surface area contributed by atoms with E-state index < -0.39 is 0 Å². The molecule has 0 aliphatic heterocycles. The van der Waals surface area contributed by atoms with E-state index in [9.17, 15) is 0 Å². The minimum absolute atomic E-state index is 0.416. The zero-order valence-corrected chi connectivity index (χ0v) is 12.7. The van der Waals surface area contributed by atoms with Gasteiger partial charge in [-0.25, -0.2) is 0 Å². The second kappa shape index (κ2) is 5.96. The SMILES string of the molecule is CCOc1cccc(C2CC(NC)C2(CC)CC)c1. The van der Waals surface area contributed by atoms with Crippen molar-refractivity contribution >= 4 is 0 Å². The van der Waals surface area contributed by atoms with Crippen molar-refractivity contribution < 1.29 is 4.74 Å². The van der Waals surface area contributed by atoms with Gasteiger partial charge in [0.25, 0.3) is 0 Å². The van der Waals surface area contributed by atoms with Crippen molar-refractivity contribution in [1.29, 1.82) is 0 Å². The summed E-state index contributed by atoms with van der Waals surface area (Å²) in [5.41, 5.74) is 1.86. The lowest BCUT2D eigenvalue weighted by Gasteiger charge is -2.56. The van der Waals surface area contributed by atoms with Crippen molar-refractivity contribution in [2.45, 2.75) is 52.0 Å². The van der Waals surface area contributed by atoms with Crippen LogP contribution in [0.15, 0.2) is 24.3 Å². The van der Waals surface area contributed by atoms with Crippen molar-refractivity contribution in [3.8, 4) is 5.75 Å². The van der Waals surface area contributed by atoms with Gasteiger partial charge in [-0.2, -0.15) is 0 Å². The zero-order valence-electron chi connectivity index (χ0n) is 12.7. The summed E-state index contributed by atoms with van der Waals surface area (Å²) in [4.78, 5) is 0. The van der Waals surface area contributed by atoms with E-state index >= 15 is 0 Å². The molecule has 106 valence electrons. The van der Waals surface area contributed by atoms with Gasteiger partial charge in [-0.3, -0.25) is 0 Å². The van der Waals surface area contributed by atoms with Crippen LogP contribution in [-0.2, 0) is 0 Å². The molecule has 0 heterocycles. The van der Waals surface area contributed by atoms with Crippen LogP contribution in [0.1, 0.15) is 51.5 Å². The van der Waals surface area contributed by atoms with Crippen LogP contribution in [0.5, 0.6) is 5.75 Å². The lowest BCUT2D eigenvalue weighted by Crippen LogP contribution is -2.57. The highest BCUT2D eigenvalue weighted by atomic mass is 16.5. The van der Waals surface area contributed by atoms with Crippen molar-refractivity contribution in [2.75, 3.05) is 13.7 Å². The molecule has 1 fully saturated rings. The number of hydrogen-bond donors (Lipinski definition) is 1. The molecule has 1 aliphatic rings. The van der Waals surface area contributed by atoms with Crippen LogP contribution in [0, 0.1) is 5.41 Å². The zero-order chi connectivity index (χ0) is 13.9. The van der Waals surface area contributed by atoms with Gasteiger partial charge >= 0.3 is 0 Å². The van der Waals surface area contributed by atoms with E-state index in [0.717, 1.165) is 12.4 Å². The summed E-state index contributed by atoms with van der Waals surface area (Å²) >= 11 is 0. The highest BCUT2D eigenvalue weighted by molar-refractivity contribution is 5.35. The van der Waals surface area contributed by atoms with Gasteiger partial charge in [0.15, 0.2) is 0 Å². The van der Waals surface area contributed by atoms with E-state index in [1.807, 2.05) is 6.92 Å². The van der Waals surface area contributed by atoms with Crippen LogP contribution in [-0.4, -0.2) is 19.7 Å². The maximum atomic E-state index is 5.64. The molecule has 0 radical (unpaired) electrons. The number of hydrogen-bond acceptors (Lipinski definition) is 2. The van der Waals surface area contributed by atoms with Gasteiger partial charge in [0.05, 0.1) is 6.61 Å². The number of benzene rings is 1. The third-order valence-electron chi connectivity index (χ3n) is 5.10. The van der Waals surface area contributed by atoms with Crippen molar-refractivity contribution in [2.24, 2.45) is 5.41 Å². The van der Waals surface area contributed by atoms with Crippen molar-refractivity contribution in [3.63, 3.8) is 0 Å². The first kappa shape index (κ1) is 14.4. The van der Waals surface area contributed by atoms with Gasteiger partial charge in [-0.1, -0.05) is 26.0 Å². The second-order valence-electron chi connectivity index (χ2n) is 5.58. The summed E-state index contributed by atoms with van der Waals surface area (Å²) in [6.45, 7) is 7.42. The van der Waals surface area contributed by atoms with Gasteiger partial charge in [0, 0.05) is 6.04 Å². The minimum atomic E-state index is 0.416. The maximum absolute atomic E-state index is 5.64. The summed E-state index contributed by atoms with van der Waals surface area (Å²) in [5.74, 6) is 1.68. The first-order chi connectivity index (χ1) is 9.21. The van der Waals surface area contributed by atoms with Crippen LogP contribution in [0.4, 0.5) is 0 Å². The molecule has 2 heteroatoms. The fraction of sp³-hybridized carbons (Fsp3) is 0.647. The normalized spacial score (nSPS) is 24.8. The molecule has 0 spiro atoms. The van der Waals surface area contributed by atoms with E-state index in [1.165, 1.54) is 24.8 Å². The quantitative estimate of drug-likeness (QED) is 0.836. The molecule has 0 saturated heterocycles. The molecule has 1 saturated carbocycles. The Balaban J connectivity index is 2.24. The molecule has 2 unspecified atom stereocenters. The van der Waals surface area contributed by atoms with Gasteiger partial charge in [-0.15, -0.1) is 0 Å². The lowest BCUT2D eigenvalue weighted by molar-refractivity contribution is 0.0244. The molecule has 19 heavy (non-hydrogen) atoms. The topological polar surface area (TPSA) is 21.3 Å². The van der Waals surface area contributed by atoms with Gasteiger partial charge in [-0.05, 0) is 62.3 Å². The summed E-state index contributed by atoms with van der Waals surface area (Å²) in [6, 6.07) is 9.34. The maximum Gasteiger partial charge on any atom is 0.119 e. The van der Waals surface area contributed by atoms with Crippen LogP contribution in [0.2, 0.25) is 0 Å². The Bertz CT molecular complexity index is 411. The third kappa shape index (κ3) is 2.38. The summed E-state index contributed by atoms with van der Waals surface area (Å²) in [6.07, 6.45) is 3.71. The predicted molar refractivity (Wildman–Crippen MR) is 80.8 cm³/mol. The summed E-state index contributed by atoms with van der Waals surface area (Å²) in [7, 11) is 2.09. The molecule has 2 rings (SSSR count). The second-order valence-corrected chi connectivity index (χ2v) is 5.58. The Morgan fingerprint density at radius 3 is 2.58 bits per heavy atom. The van der Waals surface area contributed by atoms with Gasteiger partial charge in [0.1, 0.15) is 5.75 Å². The molecular formula is C17H27NO. The van der Waals surface area contributed by atoms with E-state index in [1.54, 1.807) is 0 Å². The highest BCUT2D eigenvalue weighted by Crippen LogP contribution is 2.57. The van der Waals surface area contributed by atoms with Crippen LogP contribution in [0.25, 0.3) is 0 Å². The summed E-state index contributed by atoms with van der Waals surface area (Å²) in [5, 5.41) is 3.50. The summed E-state index contributed by atoms with van der Waals surface area (Å²) < 4.78 is 5.64. The Labute approximate surface area is 117 Å². The smallest absolute Gasteiger partial charge is 0.119 e. The molecule has 0 aromatic heterocycles. The molecule has 1 aromatic rings. The molecule has 0 bridgehead atoms. The Morgan fingerprint density at radius 1 is 1.26 bits per heavy atom. The number of rotatable bonds is 6. The molecule has 1 aromatic carbocycles. The fourth-order valence-electron chi connectivity index (χ4n) is 3.88. The number of nitrogens with one attached hydrogen (secondary N) is 1. The van der Waals surface area contributed by atoms with E-state index in [2.05, 4.69) is 50.5 Å². The fourth-order valence-corrected chi connectivity index (χ4v) is 3.88. The predicted octanol–water partition coefficient (Wildman–Crippen LogP) is 3.97. The molecule has 2 atom stereocenters. The number of ether oxygens (including phenoxy) is 1. The monoisotopic (exact) mass is 261 g/mol. The Kier molecular flexibility index (Phi) is 4.51. The highest BCUT2D eigenvalue weighted by Gasteiger charge is 2.52. The molecular weight excluding hydrogens is 234 g/mol. The first-order valence-electron chi connectivity index (χ1n) is 7.61. The first-order valence-corrected chi connectivity index (χ1v) is 7.61. The lowest BCUT2D eigenvalue weighted by atomic mass is 9.52. The van der Waals surface area contributed by atoms with E-state index in [-0.39, 0.29) is 0 Å². The van der Waals surface area contributed by atoms with Crippen LogP contribution in [0.3, 0.4) is 0 Å². The van der Waals surface area contributed by atoms with E-state index in [0.29, 0.717) is 17.4 Å². The third-order valence-corrected chi connectivity index (χ3v) is 5.10. The minimum Gasteiger partial charge on any atom is -0.494 e. The van der Waals surface area contributed by atoms with Crippen molar-refractivity contribution in [3.05, 3.63) is 29.8 Å². The molecule has 0 amide bonds. The standard InChI is InChI=1S/C17H27NO/c1-5-17(6-2)15(12-16(17)18-4)13-9-8-10-14(11-13)19-7-3/h8-11,15-16,18H,5-7,12H2,1-4H3. The van der Waals surface area contributed by atoms with Crippen LogP contribution < -0.4 is 10.1 Å². The van der Waals surface area contributed by atoms with E-state index in [4.69, 9.17) is 4.74 Å². The average Bonchev–Trinajstić information content (AvgIpc) is 2.41. The van der Waals surface area contributed by atoms with Crippen molar-refractivity contribution in [1.82, 2.24) is 5.32 Å². The van der Waals surface area contributed by atoms with Gasteiger partial charge in [0.2, 0.25) is 0 Å². The molecule has 1 N–H and O–H groups in total. The van der Waals surface area contributed by atoms with Crippen LogP contribution >= 0.6 is 0 Å². The Hall–Kier alpha value is -1.02. The molecule has 2 nitrogen and oxygen atoms in total. The Morgan fingerprint density at radius 2 is 2.00 bits per heavy atom. The average molecular weight is 261 g/mol. The molecule has 1 aliphatic carbocycles.